The highest BCUT2D eigenvalue weighted by molar-refractivity contribution is 9.10. The van der Waals surface area contributed by atoms with Gasteiger partial charge in [0.15, 0.2) is 0 Å². The Morgan fingerprint density at radius 1 is 0.909 bits per heavy atom. The Kier molecular flexibility index (Phi) is 3.05. The molecule has 0 bridgehead atoms. The lowest BCUT2D eigenvalue weighted by Gasteiger charge is -2.13. The van der Waals surface area contributed by atoms with Gasteiger partial charge in [0.1, 0.15) is 0 Å². The number of hydrogen-bond acceptors (Lipinski definition) is 2. The van der Waals surface area contributed by atoms with Gasteiger partial charge in [0, 0.05) is 33.7 Å². The minimum atomic E-state index is -0.0498. The van der Waals surface area contributed by atoms with E-state index in [1.807, 2.05) is 48.5 Å². The quantitative estimate of drug-likeness (QED) is 0.512. The summed E-state index contributed by atoms with van der Waals surface area (Å²) >= 11 is 3.57. The first-order valence-corrected chi connectivity index (χ1v) is 7.68. The summed E-state index contributed by atoms with van der Waals surface area (Å²) in [6.07, 6.45) is 3.48. The second kappa shape index (κ2) is 5.07. The molecular weight excluding hydrogens is 340 g/mol. The molecule has 4 aromatic rings. The van der Waals surface area contributed by atoms with Gasteiger partial charge in [-0.3, -0.25) is 14.3 Å². The molecule has 106 valence electrons. The molecule has 0 atom stereocenters. The number of hydrogen-bond donors (Lipinski definition) is 0. The maximum atomic E-state index is 12.5. The molecule has 0 N–H and O–H groups in total. The zero-order chi connectivity index (χ0) is 15.1. The van der Waals surface area contributed by atoms with E-state index in [4.69, 9.17) is 0 Å². The molecule has 0 saturated carbocycles. The monoisotopic (exact) mass is 350 g/mol. The standard InChI is InChI=1S/C18H11BrN2O/c19-15-5-1-4-14-13(15)3-2-6-17(14)21-16-9-10-20-11-12(16)7-8-18(21)22/h1-11H. The molecule has 22 heavy (non-hydrogen) atoms. The lowest BCUT2D eigenvalue weighted by Crippen LogP contribution is -2.17. The fourth-order valence-corrected chi connectivity index (χ4v) is 3.28. The fraction of sp³-hybridized carbons (Fsp3) is 0. The lowest BCUT2D eigenvalue weighted by molar-refractivity contribution is 1.05. The topological polar surface area (TPSA) is 34.9 Å². The highest BCUT2D eigenvalue weighted by Gasteiger charge is 2.09. The Morgan fingerprint density at radius 3 is 2.64 bits per heavy atom. The first-order valence-electron chi connectivity index (χ1n) is 6.89. The third kappa shape index (κ3) is 1.96. The Bertz CT molecular complexity index is 1070. The van der Waals surface area contributed by atoms with Gasteiger partial charge in [-0.05, 0) is 29.7 Å². The van der Waals surface area contributed by atoms with Crippen LogP contribution >= 0.6 is 15.9 Å². The predicted molar refractivity (Wildman–Crippen MR) is 92.5 cm³/mol. The van der Waals surface area contributed by atoms with E-state index in [2.05, 4.69) is 20.9 Å². The number of fused-ring (bicyclic) bond motifs is 2. The van der Waals surface area contributed by atoms with Crippen molar-refractivity contribution in [2.75, 3.05) is 0 Å². The largest absolute Gasteiger partial charge is 0.276 e. The minimum absolute atomic E-state index is 0.0498. The van der Waals surface area contributed by atoms with Crippen molar-refractivity contribution in [3.05, 3.63) is 81.8 Å². The third-order valence-corrected chi connectivity index (χ3v) is 4.47. The molecule has 0 radical (unpaired) electrons. The van der Waals surface area contributed by atoms with E-state index in [-0.39, 0.29) is 5.56 Å². The highest BCUT2D eigenvalue weighted by Crippen LogP contribution is 2.29. The third-order valence-electron chi connectivity index (χ3n) is 3.78. The molecule has 0 aliphatic carbocycles. The van der Waals surface area contributed by atoms with E-state index in [0.29, 0.717) is 0 Å². The minimum Gasteiger partial charge on any atom is -0.276 e. The van der Waals surface area contributed by atoms with E-state index >= 15 is 0 Å². The fourth-order valence-electron chi connectivity index (χ4n) is 2.78. The summed E-state index contributed by atoms with van der Waals surface area (Å²) in [5.74, 6) is 0. The van der Waals surface area contributed by atoms with Gasteiger partial charge in [-0.2, -0.15) is 0 Å². The van der Waals surface area contributed by atoms with Crippen molar-refractivity contribution in [2.24, 2.45) is 0 Å². The summed E-state index contributed by atoms with van der Waals surface area (Å²) in [7, 11) is 0. The average molecular weight is 351 g/mol. The molecule has 4 rings (SSSR count). The van der Waals surface area contributed by atoms with Crippen LogP contribution in [0.1, 0.15) is 0 Å². The van der Waals surface area contributed by atoms with E-state index in [9.17, 15) is 4.79 Å². The van der Waals surface area contributed by atoms with Gasteiger partial charge in [-0.25, -0.2) is 0 Å². The Morgan fingerprint density at radius 2 is 1.73 bits per heavy atom. The average Bonchev–Trinajstić information content (AvgIpc) is 2.55. The molecule has 0 fully saturated rings. The summed E-state index contributed by atoms with van der Waals surface area (Å²) in [6, 6.07) is 17.2. The summed E-state index contributed by atoms with van der Waals surface area (Å²) < 4.78 is 2.76. The van der Waals surface area contributed by atoms with Crippen LogP contribution in [0.3, 0.4) is 0 Å². The van der Waals surface area contributed by atoms with Crippen LogP contribution in [0.5, 0.6) is 0 Å². The van der Waals surface area contributed by atoms with Crippen LogP contribution < -0.4 is 5.56 Å². The number of pyridine rings is 2. The lowest BCUT2D eigenvalue weighted by atomic mass is 10.1. The molecule has 3 nitrogen and oxygen atoms in total. The second-order valence-corrected chi connectivity index (χ2v) is 5.91. The van der Waals surface area contributed by atoms with Crippen molar-refractivity contribution in [2.45, 2.75) is 0 Å². The Balaban J connectivity index is 2.19. The maximum absolute atomic E-state index is 12.5. The van der Waals surface area contributed by atoms with E-state index in [1.165, 1.54) is 0 Å². The van der Waals surface area contributed by atoms with E-state index in [1.54, 1.807) is 23.0 Å². The van der Waals surface area contributed by atoms with Crippen molar-refractivity contribution >= 4 is 37.6 Å². The zero-order valence-electron chi connectivity index (χ0n) is 11.5. The van der Waals surface area contributed by atoms with Gasteiger partial charge >= 0.3 is 0 Å². The van der Waals surface area contributed by atoms with Crippen LogP contribution in [0.25, 0.3) is 27.4 Å². The SMILES string of the molecule is O=c1ccc2cnccc2n1-c1cccc2c(Br)cccc12. The molecule has 0 aliphatic rings. The molecule has 4 heteroatoms. The number of aromatic nitrogens is 2. The van der Waals surface area contributed by atoms with Crippen LogP contribution in [0.15, 0.2) is 76.3 Å². The van der Waals surface area contributed by atoms with Crippen molar-refractivity contribution in [1.29, 1.82) is 0 Å². The summed E-state index contributed by atoms with van der Waals surface area (Å²) in [6.45, 7) is 0. The van der Waals surface area contributed by atoms with Gasteiger partial charge in [0.2, 0.25) is 0 Å². The normalized spacial score (nSPS) is 11.1. The van der Waals surface area contributed by atoms with Crippen molar-refractivity contribution in [1.82, 2.24) is 9.55 Å². The van der Waals surface area contributed by atoms with Crippen molar-refractivity contribution < 1.29 is 0 Å². The number of nitrogens with zero attached hydrogens (tertiary/aromatic N) is 2. The number of rotatable bonds is 1. The van der Waals surface area contributed by atoms with Gasteiger partial charge < -0.3 is 0 Å². The maximum Gasteiger partial charge on any atom is 0.255 e. The van der Waals surface area contributed by atoms with E-state index < -0.39 is 0 Å². The van der Waals surface area contributed by atoms with Crippen molar-refractivity contribution in [3.8, 4) is 5.69 Å². The Labute approximate surface area is 135 Å². The van der Waals surface area contributed by atoms with E-state index in [0.717, 1.165) is 31.8 Å². The van der Waals surface area contributed by atoms with Crippen LogP contribution in [-0.4, -0.2) is 9.55 Å². The molecule has 0 spiro atoms. The first-order chi connectivity index (χ1) is 10.8. The second-order valence-electron chi connectivity index (χ2n) is 5.05. The van der Waals surface area contributed by atoms with Crippen LogP contribution in [0.4, 0.5) is 0 Å². The molecule has 0 amide bonds. The predicted octanol–water partition coefficient (Wildman–Crippen LogP) is 4.30. The van der Waals surface area contributed by atoms with Gasteiger partial charge in [0.05, 0.1) is 11.2 Å². The van der Waals surface area contributed by atoms with Crippen LogP contribution in [0.2, 0.25) is 0 Å². The molecule has 0 saturated heterocycles. The van der Waals surface area contributed by atoms with Crippen LogP contribution in [-0.2, 0) is 0 Å². The molecule has 0 aliphatic heterocycles. The van der Waals surface area contributed by atoms with Gasteiger partial charge in [-0.15, -0.1) is 0 Å². The molecule has 2 aromatic carbocycles. The Hall–Kier alpha value is -2.46. The van der Waals surface area contributed by atoms with Crippen LogP contribution in [0, 0.1) is 0 Å². The number of benzene rings is 2. The summed E-state index contributed by atoms with van der Waals surface area (Å²) in [5, 5.41) is 3.05. The molecule has 2 heterocycles. The van der Waals surface area contributed by atoms with Gasteiger partial charge in [0.25, 0.3) is 5.56 Å². The zero-order valence-corrected chi connectivity index (χ0v) is 13.1. The summed E-state index contributed by atoms with van der Waals surface area (Å²) in [5.41, 5.74) is 1.68. The van der Waals surface area contributed by atoms with Crippen molar-refractivity contribution in [3.63, 3.8) is 0 Å². The molecular formula is C18H11BrN2O. The van der Waals surface area contributed by atoms with Gasteiger partial charge in [-0.1, -0.05) is 40.2 Å². The summed E-state index contributed by atoms with van der Waals surface area (Å²) in [4.78, 5) is 16.6. The molecule has 2 aromatic heterocycles. The number of halogens is 1. The first kappa shape index (κ1) is 13.2. The highest BCUT2D eigenvalue weighted by atomic mass is 79.9. The smallest absolute Gasteiger partial charge is 0.255 e. The molecule has 0 unspecified atom stereocenters.